The van der Waals surface area contributed by atoms with Crippen LogP contribution in [0.1, 0.15) is 373 Å². The second-order valence-corrected chi connectivity index (χ2v) is 23.5. The number of esters is 1. The van der Waals surface area contributed by atoms with E-state index in [1.807, 2.05) is 6.08 Å². The van der Waals surface area contributed by atoms with E-state index in [4.69, 9.17) is 4.74 Å². The number of nitrogens with one attached hydrogen (secondary N) is 1. The number of carbonyl (C=O) groups excluding carboxylic acids is 2. The maximum atomic E-state index is 12.5. The topological polar surface area (TPSA) is 95.9 Å². The van der Waals surface area contributed by atoms with E-state index in [2.05, 4.69) is 43.5 Å². The van der Waals surface area contributed by atoms with E-state index in [-0.39, 0.29) is 18.5 Å². The van der Waals surface area contributed by atoms with Gasteiger partial charge in [0.2, 0.25) is 5.91 Å². The largest absolute Gasteiger partial charge is 0.466 e. The predicted molar refractivity (Wildman–Crippen MR) is 333 cm³/mol. The van der Waals surface area contributed by atoms with Gasteiger partial charge >= 0.3 is 5.97 Å². The van der Waals surface area contributed by atoms with Crippen molar-refractivity contribution in [3.8, 4) is 0 Å². The van der Waals surface area contributed by atoms with E-state index in [0.717, 1.165) is 64.2 Å². The van der Waals surface area contributed by atoms with Crippen molar-refractivity contribution in [2.45, 2.75) is 386 Å². The molecule has 0 radical (unpaired) electrons. The Kier molecular flexibility index (Phi) is 63.9. The fourth-order valence-electron chi connectivity index (χ4n) is 10.7. The average Bonchev–Trinajstić information content (AvgIpc) is 3.42. The Labute approximate surface area is 474 Å². The van der Waals surface area contributed by atoms with Crippen LogP contribution in [0.4, 0.5) is 0 Å². The molecule has 6 nitrogen and oxygen atoms in total. The molecule has 0 aliphatic heterocycles. The molecule has 0 saturated heterocycles. The Morgan fingerprint density at radius 1 is 0.368 bits per heavy atom. The maximum absolute atomic E-state index is 12.5. The molecular formula is C70H133NO5. The summed E-state index contributed by atoms with van der Waals surface area (Å²) in [4.78, 5) is 24.6. The molecule has 2 atom stereocenters. The Balaban J connectivity index is 3.45. The van der Waals surface area contributed by atoms with Crippen LogP contribution in [0, 0.1) is 0 Å². The molecule has 76 heavy (non-hydrogen) atoms. The molecule has 0 fully saturated rings. The monoisotopic (exact) mass is 1070 g/mol. The number of allylic oxidation sites excluding steroid dienone is 5. The fourth-order valence-corrected chi connectivity index (χ4v) is 10.7. The summed E-state index contributed by atoms with van der Waals surface area (Å²) >= 11 is 0. The molecule has 0 rings (SSSR count). The SMILES string of the molecule is CCCCC/C=C\C/C=C\CCCCCCCCCCCC(=O)OCCCCCCCCCCCCCCCCCC(=O)NC(CO)C(O)/C=C/CCCCCCCCCCCCCCCCCCCCCCCCC. The van der Waals surface area contributed by atoms with Gasteiger partial charge in [-0.15, -0.1) is 0 Å². The van der Waals surface area contributed by atoms with Crippen LogP contribution in [-0.4, -0.2) is 47.4 Å². The molecule has 0 spiro atoms. The quantitative estimate of drug-likeness (QED) is 0.0320. The number of hydrogen-bond donors (Lipinski definition) is 3. The number of ether oxygens (including phenoxy) is 1. The smallest absolute Gasteiger partial charge is 0.305 e. The van der Waals surface area contributed by atoms with Crippen molar-refractivity contribution >= 4 is 11.9 Å². The summed E-state index contributed by atoms with van der Waals surface area (Å²) in [5.41, 5.74) is 0. The summed E-state index contributed by atoms with van der Waals surface area (Å²) < 4.78 is 5.50. The molecular weight excluding hydrogens is 935 g/mol. The lowest BCUT2D eigenvalue weighted by Gasteiger charge is -2.20. The molecule has 448 valence electrons. The second kappa shape index (κ2) is 65.6. The van der Waals surface area contributed by atoms with Gasteiger partial charge in [0.25, 0.3) is 0 Å². The van der Waals surface area contributed by atoms with Crippen molar-refractivity contribution in [2.75, 3.05) is 13.2 Å². The minimum atomic E-state index is -0.853. The molecule has 6 heteroatoms. The van der Waals surface area contributed by atoms with Gasteiger partial charge in [-0.05, 0) is 64.2 Å². The molecule has 0 aliphatic carbocycles. The van der Waals surface area contributed by atoms with Gasteiger partial charge in [0, 0.05) is 12.8 Å². The lowest BCUT2D eigenvalue weighted by atomic mass is 10.0. The molecule has 0 aromatic heterocycles. The number of rotatable bonds is 64. The molecule has 2 unspecified atom stereocenters. The van der Waals surface area contributed by atoms with Gasteiger partial charge in [-0.25, -0.2) is 0 Å². The molecule has 0 saturated carbocycles. The number of aliphatic hydroxyl groups excluding tert-OH is 2. The number of hydrogen-bond acceptors (Lipinski definition) is 5. The third-order valence-electron chi connectivity index (χ3n) is 15.9. The van der Waals surface area contributed by atoms with Gasteiger partial charge in [0.1, 0.15) is 0 Å². The highest BCUT2D eigenvalue weighted by atomic mass is 16.5. The number of carbonyl (C=O) groups is 2. The van der Waals surface area contributed by atoms with Crippen LogP contribution in [0.2, 0.25) is 0 Å². The third kappa shape index (κ3) is 61.3. The highest BCUT2D eigenvalue weighted by Gasteiger charge is 2.18. The number of aliphatic hydroxyl groups is 2. The first-order chi connectivity index (χ1) is 37.5. The van der Waals surface area contributed by atoms with E-state index < -0.39 is 12.1 Å². The van der Waals surface area contributed by atoms with Crippen LogP contribution in [0.15, 0.2) is 36.5 Å². The first kappa shape index (κ1) is 74.1. The Morgan fingerprint density at radius 3 is 1.03 bits per heavy atom. The average molecular weight is 1070 g/mol. The van der Waals surface area contributed by atoms with Crippen molar-refractivity contribution in [2.24, 2.45) is 0 Å². The first-order valence-electron chi connectivity index (χ1n) is 34.3. The van der Waals surface area contributed by atoms with Gasteiger partial charge in [0.15, 0.2) is 0 Å². The summed E-state index contributed by atoms with van der Waals surface area (Å²) in [7, 11) is 0. The van der Waals surface area contributed by atoms with E-state index in [1.54, 1.807) is 6.08 Å². The molecule has 0 bridgehead atoms. The highest BCUT2D eigenvalue weighted by molar-refractivity contribution is 5.76. The van der Waals surface area contributed by atoms with Crippen LogP contribution in [0.3, 0.4) is 0 Å². The summed E-state index contributed by atoms with van der Waals surface area (Å²) in [5.74, 6) is -0.0761. The lowest BCUT2D eigenvalue weighted by Crippen LogP contribution is -2.45. The summed E-state index contributed by atoms with van der Waals surface area (Å²) in [6.07, 6.45) is 83.4. The molecule has 0 aromatic carbocycles. The van der Waals surface area contributed by atoms with Crippen LogP contribution in [0.5, 0.6) is 0 Å². The summed E-state index contributed by atoms with van der Waals surface area (Å²) in [5, 5.41) is 23.3. The zero-order valence-corrected chi connectivity index (χ0v) is 51.3. The number of unbranched alkanes of at least 4 members (excludes halogenated alkanes) is 49. The van der Waals surface area contributed by atoms with Crippen LogP contribution in [0.25, 0.3) is 0 Å². The minimum absolute atomic E-state index is 0.00334. The molecule has 1 amide bonds. The van der Waals surface area contributed by atoms with E-state index >= 15 is 0 Å². The summed E-state index contributed by atoms with van der Waals surface area (Å²) in [6.45, 7) is 4.89. The Bertz CT molecular complexity index is 1230. The lowest BCUT2D eigenvalue weighted by molar-refractivity contribution is -0.143. The maximum Gasteiger partial charge on any atom is 0.305 e. The fraction of sp³-hybridized carbons (Fsp3) is 0.886. The second-order valence-electron chi connectivity index (χ2n) is 23.5. The molecule has 0 aliphatic rings. The molecule has 0 aromatic rings. The minimum Gasteiger partial charge on any atom is -0.466 e. The van der Waals surface area contributed by atoms with Crippen molar-refractivity contribution in [3.05, 3.63) is 36.5 Å². The highest BCUT2D eigenvalue weighted by Crippen LogP contribution is 2.18. The van der Waals surface area contributed by atoms with Gasteiger partial charge in [-0.2, -0.15) is 0 Å². The third-order valence-corrected chi connectivity index (χ3v) is 15.9. The number of amides is 1. The van der Waals surface area contributed by atoms with Gasteiger partial charge in [-0.1, -0.05) is 333 Å². The van der Waals surface area contributed by atoms with Crippen LogP contribution < -0.4 is 5.32 Å². The van der Waals surface area contributed by atoms with Crippen molar-refractivity contribution < 1.29 is 24.5 Å². The van der Waals surface area contributed by atoms with E-state index in [0.29, 0.717) is 19.4 Å². The molecule has 0 heterocycles. The molecule has 3 N–H and O–H groups in total. The predicted octanol–water partition coefficient (Wildman–Crippen LogP) is 21.9. The van der Waals surface area contributed by atoms with Gasteiger partial charge < -0.3 is 20.3 Å². The normalized spacial score (nSPS) is 12.7. The van der Waals surface area contributed by atoms with Crippen LogP contribution in [-0.2, 0) is 14.3 Å². The zero-order chi connectivity index (χ0) is 55.0. The Morgan fingerprint density at radius 2 is 0.658 bits per heavy atom. The van der Waals surface area contributed by atoms with Gasteiger partial charge in [-0.3, -0.25) is 9.59 Å². The first-order valence-corrected chi connectivity index (χ1v) is 34.3. The van der Waals surface area contributed by atoms with E-state index in [1.165, 1.54) is 283 Å². The zero-order valence-electron chi connectivity index (χ0n) is 51.3. The van der Waals surface area contributed by atoms with Crippen LogP contribution >= 0.6 is 0 Å². The standard InChI is InChI=1S/C70H133NO5/c1-3-5-7-9-11-13-15-17-19-21-23-24-25-26-27-28-30-31-34-38-42-46-50-54-58-62-68(73)67(66-72)71-69(74)63-59-55-51-47-43-39-35-33-37-41-45-49-53-57-61-65-76-70(75)64-60-56-52-48-44-40-36-32-29-22-20-18-16-14-12-10-8-6-4-2/h12,14,18,20,58,62,67-68,72-73H,3-11,13,15-17,19,21-57,59-61,63-66H2,1-2H3,(H,71,74)/b14-12-,20-18-,62-58+. The van der Waals surface area contributed by atoms with Crippen molar-refractivity contribution in [3.63, 3.8) is 0 Å². The van der Waals surface area contributed by atoms with Crippen molar-refractivity contribution in [1.82, 2.24) is 5.32 Å². The van der Waals surface area contributed by atoms with E-state index in [9.17, 15) is 19.8 Å². The van der Waals surface area contributed by atoms with Gasteiger partial charge in [0.05, 0.1) is 25.4 Å². The van der Waals surface area contributed by atoms with Crippen molar-refractivity contribution in [1.29, 1.82) is 0 Å². The Hall–Kier alpha value is -1.92. The summed E-state index contributed by atoms with van der Waals surface area (Å²) in [6, 6.07) is -0.637.